The summed E-state index contributed by atoms with van der Waals surface area (Å²) in [6.07, 6.45) is 5.85. The molecular formula is C16H20BrN3O. The van der Waals surface area contributed by atoms with Crippen LogP contribution in [0.2, 0.25) is 0 Å². The lowest BCUT2D eigenvalue weighted by Crippen LogP contribution is -2.44. The quantitative estimate of drug-likeness (QED) is 0.873. The topological polar surface area (TPSA) is 64.9 Å². The van der Waals surface area contributed by atoms with E-state index in [1.807, 2.05) is 13.0 Å². The van der Waals surface area contributed by atoms with E-state index in [2.05, 4.69) is 32.6 Å². The van der Waals surface area contributed by atoms with Crippen LogP contribution in [0, 0.1) is 11.3 Å². The van der Waals surface area contributed by atoms with Crippen LogP contribution in [0.25, 0.3) is 0 Å². The van der Waals surface area contributed by atoms with Crippen LogP contribution in [-0.2, 0) is 4.79 Å². The number of halogens is 1. The van der Waals surface area contributed by atoms with Gasteiger partial charge in [0.2, 0.25) is 5.91 Å². The van der Waals surface area contributed by atoms with Gasteiger partial charge in [-0.1, -0.05) is 19.3 Å². The smallest absolute Gasteiger partial charge is 0.242 e. The Bertz CT molecular complexity index is 547. The second-order valence-corrected chi connectivity index (χ2v) is 6.37. The minimum Gasteiger partial charge on any atom is -0.373 e. The summed E-state index contributed by atoms with van der Waals surface area (Å²) in [6, 6.07) is 7.39. The molecule has 0 bridgehead atoms. The fourth-order valence-corrected chi connectivity index (χ4v) is 3.07. The second-order valence-electron chi connectivity index (χ2n) is 5.52. The summed E-state index contributed by atoms with van der Waals surface area (Å²) in [5, 5.41) is 15.1. The first-order chi connectivity index (χ1) is 10.1. The highest BCUT2D eigenvalue weighted by molar-refractivity contribution is 9.10. The van der Waals surface area contributed by atoms with Gasteiger partial charge in [-0.2, -0.15) is 5.26 Å². The van der Waals surface area contributed by atoms with Crippen LogP contribution in [0.4, 0.5) is 5.69 Å². The van der Waals surface area contributed by atoms with E-state index in [1.165, 1.54) is 19.3 Å². The van der Waals surface area contributed by atoms with Crippen LogP contribution < -0.4 is 10.6 Å². The average Bonchev–Trinajstić information content (AvgIpc) is 2.50. The average molecular weight is 350 g/mol. The van der Waals surface area contributed by atoms with E-state index in [0.29, 0.717) is 11.6 Å². The number of carbonyl (C=O) groups is 1. The van der Waals surface area contributed by atoms with E-state index in [1.54, 1.807) is 12.1 Å². The minimum absolute atomic E-state index is 0.0261. The van der Waals surface area contributed by atoms with E-state index < -0.39 is 0 Å². The van der Waals surface area contributed by atoms with Gasteiger partial charge in [0.05, 0.1) is 11.6 Å². The number of anilines is 1. The molecule has 1 amide bonds. The van der Waals surface area contributed by atoms with Gasteiger partial charge in [0, 0.05) is 16.2 Å². The van der Waals surface area contributed by atoms with Gasteiger partial charge in [-0.05, 0) is 53.9 Å². The molecule has 0 saturated heterocycles. The van der Waals surface area contributed by atoms with Crippen molar-refractivity contribution in [2.75, 3.05) is 5.32 Å². The van der Waals surface area contributed by atoms with Gasteiger partial charge in [-0.25, -0.2) is 0 Å². The molecule has 0 radical (unpaired) electrons. The van der Waals surface area contributed by atoms with Crippen LogP contribution >= 0.6 is 15.9 Å². The molecule has 1 aromatic rings. The standard InChI is InChI=1S/C16H20BrN3O/c1-11(16(21)20-13-5-3-2-4-6-13)19-15-8-7-12(10-18)9-14(15)17/h7-9,11,13,19H,2-6H2,1H3,(H,20,21). The van der Waals surface area contributed by atoms with Crippen LogP contribution in [0.3, 0.4) is 0 Å². The first-order valence-electron chi connectivity index (χ1n) is 7.36. The Morgan fingerprint density at radius 2 is 2.10 bits per heavy atom. The molecule has 1 saturated carbocycles. The van der Waals surface area contributed by atoms with Crippen LogP contribution in [0.1, 0.15) is 44.6 Å². The summed E-state index contributed by atoms with van der Waals surface area (Å²) in [7, 11) is 0. The summed E-state index contributed by atoms with van der Waals surface area (Å²) < 4.78 is 0.791. The predicted molar refractivity (Wildman–Crippen MR) is 87.0 cm³/mol. The third kappa shape index (κ3) is 4.47. The third-order valence-corrected chi connectivity index (χ3v) is 4.47. The maximum Gasteiger partial charge on any atom is 0.242 e. The summed E-state index contributed by atoms with van der Waals surface area (Å²) in [4.78, 5) is 12.2. The van der Waals surface area contributed by atoms with E-state index >= 15 is 0 Å². The molecule has 1 aliphatic rings. The van der Waals surface area contributed by atoms with Crippen molar-refractivity contribution in [3.05, 3.63) is 28.2 Å². The van der Waals surface area contributed by atoms with Gasteiger partial charge in [-0.3, -0.25) is 4.79 Å². The Kier molecular flexibility index (Phi) is 5.63. The van der Waals surface area contributed by atoms with Crippen molar-refractivity contribution in [2.45, 2.75) is 51.1 Å². The number of hydrogen-bond acceptors (Lipinski definition) is 3. The van der Waals surface area contributed by atoms with E-state index in [9.17, 15) is 4.79 Å². The van der Waals surface area contributed by atoms with Crippen LogP contribution in [-0.4, -0.2) is 18.0 Å². The molecule has 2 N–H and O–H groups in total. The van der Waals surface area contributed by atoms with Gasteiger partial charge >= 0.3 is 0 Å². The number of carbonyl (C=O) groups excluding carboxylic acids is 1. The maximum atomic E-state index is 12.2. The number of hydrogen-bond donors (Lipinski definition) is 2. The van der Waals surface area contributed by atoms with Gasteiger partial charge in [0.1, 0.15) is 6.04 Å². The van der Waals surface area contributed by atoms with E-state index in [-0.39, 0.29) is 11.9 Å². The van der Waals surface area contributed by atoms with Gasteiger partial charge in [0.15, 0.2) is 0 Å². The highest BCUT2D eigenvalue weighted by Gasteiger charge is 2.19. The second kappa shape index (κ2) is 7.46. The van der Waals surface area contributed by atoms with E-state index in [4.69, 9.17) is 5.26 Å². The highest BCUT2D eigenvalue weighted by atomic mass is 79.9. The lowest BCUT2D eigenvalue weighted by molar-refractivity contribution is -0.122. The fourth-order valence-electron chi connectivity index (χ4n) is 2.57. The van der Waals surface area contributed by atoms with Gasteiger partial charge < -0.3 is 10.6 Å². The Labute approximate surface area is 134 Å². The predicted octanol–water partition coefficient (Wildman–Crippen LogP) is 3.57. The molecule has 1 atom stereocenters. The molecule has 1 aromatic carbocycles. The number of nitrogens with zero attached hydrogens (tertiary/aromatic N) is 1. The molecule has 2 rings (SSSR count). The zero-order chi connectivity index (χ0) is 15.2. The molecular weight excluding hydrogens is 330 g/mol. The molecule has 112 valence electrons. The highest BCUT2D eigenvalue weighted by Crippen LogP contribution is 2.24. The Morgan fingerprint density at radius 3 is 2.71 bits per heavy atom. The zero-order valence-electron chi connectivity index (χ0n) is 12.2. The largest absolute Gasteiger partial charge is 0.373 e. The maximum absolute atomic E-state index is 12.2. The molecule has 1 unspecified atom stereocenters. The minimum atomic E-state index is -0.309. The van der Waals surface area contributed by atoms with E-state index in [0.717, 1.165) is 23.0 Å². The number of benzene rings is 1. The van der Waals surface area contributed by atoms with Crippen LogP contribution in [0.5, 0.6) is 0 Å². The molecule has 0 heterocycles. The Balaban J connectivity index is 1.92. The van der Waals surface area contributed by atoms with Crippen molar-refractivity contribution < 1.29 is 4.79 Å². The Hall–Kier alpha value is -1.54. The fraction of sp³-hybridized carbons (Fsp3) is 0.500. The molecule has 0 aliphatic heterocycles. The Morgan fingerprint density at radius 1 is 1.38 bits per heavy atom. The summed E-state index contributed by atoms with van der Waals surface area (Å²) in [6.45, 7) is 1.85. The van der Waals surface area contributed by atoms with Gasteiger partial charge in [-0.15, -0.1) is 0 Å². The van der Waals surface area contributed by atoms with Crippen molar-refractivity contribution in [1.29, 1.82) is 5.26 Å². The molecule has 1 fully saturated rings. The first-order valence-corrected chi connectivity index (χ1v) is 8.16. The van der Waals surface area contributed by atoms with Crippen molar-refractivity contribution >= 4 is 27.5 Å². The van der Waals surface area contributed by atoms with Crippen molar-refractivity contribution in [1.82, 2.24) is 5.32 Å². The molecule has 4 nitrogen and oxygen atoms in total. The lowest BCUT2D eigenvalue weighted by atomic mass is 9.95. The molecule has 0 spiro atoms. The zero-order valence-corrected chi connectivity index (χ0v) is 13.7. The van der Waals surface area contributed by atoms with Crippen molar-refractivity contribution in [3.8, 4) is 6.07 Å². The molecule has 0 aromatic heterocycles. The number of nitriles is 1. The number of amides is 1. The first kappa shape index (κ1) is 15.8. The normalized spacial score (nSPS) is 16.8. The summed E-state index contributed by atoms with van der Waals surface area (Å²) >= 11 is 3.42. The monoisotopic (exact) mass is 349 g/mol. The number of nitrogens with one attached hydrogen (secondary N) is 2. The molecule has 1 aliphatic carbocycles. The number of rotatable bonds is 4. The third-order valence-electron chi connectivity index (χ3n) is 3.82. The summed E-state index contributed by atoms with van der Waals surface area (Å²) in [5.74, 6) is 0.0261. The SMILES string of the molecule is CC(Nc1ccc(C#N)cc1Br)C(=O)NC1CCCCC1. The molecule has 21 heavy (non-hydrogen) atoms. The molecule has 5 heteroatoms. The van der Waals surface area contributed by atoms with Gasteiger partial charge in [0.25, 0.3) is 0 Å². The van der Waals surface area contributed by atoms with Crippen molar-refractivity contribution in [2.24, 2.45) is 0 Å². The van der Waals surface area contributed by atoms with Crippen LogP contribution in [0.15, 0.2) is 22.7 Å². The van der Waals surface area contributed by atoms with Crippen molar-refractivity contribution in [3.63, 3.8) is 0 Å². The summed E-state index contributed by atoms with van der Waals surface area (Å²) in [5.41, 5.74) is 1.41. The lowest BCUT2D eigenvalue weighted by Gasteiger charge is -2.25.